The second-order valence-corrected chi connectivity index (χ2v) is 6.91. The Bertz CT molecular complexity index is 1060. The van der Waals surface area contributed by atoms with E-state index in [-0.39, 0.29) is 10.6 Å². The lowest BCUT2D eigenvalue weighted by Crippen LogP contribution is -2.06. The third-order valence-electron chi connectivity index (χ3n) is 4.96. The van der Waals surface area contributed by atoms with Crippen LogP contribution < -0.4 is 16.0 Å². The lowest BCUT2D eigenvalue weighted by molar-refractivity contribution is -0.384. The Morgan fingerprint density at radius 1 is 1.07 bits per heavy atom. The van der Waals surface area contributed by atoms with Gasteiger partial charge in [0, 0.05) is 47.7 Å². The molecule has 0 aromatic heterocycles. The molecular formula is C23H22N4O2. The number of hydrogen-bond donors (Lipinski definition) is 3. The Morgan fingerprint density at radius 3 is 2.52 bits per heavy atom. The monoisotopic (exact) mass is 386 g/mol. The third kappa shape index (κ3) is 3.97. The van der Waals surface area contributed by atoms with E-state index in [1.54, 1.807) is 12.1 Å². The number of non-ortho nitro benzene ring substituents is 1. The summed E-state index contributed by atoms with van der Waals surface area (Å²) in [7, 11) is 1.92. The standard InChI is InChI=1S/C23H22N4O2/c1-24-14-16-7-9-18(10-8-16)26-23(17-5-3-2-4-6-17)21-15-25-22-12-11-19(27(28)29)13-20(21)22/h2-13,24-26H,14-15H2,1H3/b23-21+. The van der Waals surface area contributed by atoms with E-state index in [4.69, 9.17) is 0 Å². The average molecular weight is 386 g/mol. The summed E-state index contributed by atoms with van der Waals surface area (Å²) in [5.41, 5.74) is 7.01. The van der Waals surface area contributed by atoms with Crippen LogP contribution in [0.15, 0.2) is 72.8 Å². The maximum absolute atomic E-state index is 11.3. The number of hydrogen-bond acceptors (Lipinski definition) is 5. The van der Waals surface area contributed by atoms with Crippen LogP contribution in [-0.2, 0) is 6.54 Å². The van der Waals surface area contributed by atoms with E-state index in [2.05, 4.69) is 28.1 Å². The molecule has 146 valence electrons. The Kier molecular flexibility index (Phi) is 5.27. The first-order valence-electron chi connectivity index (χ1n) is 9.47. The highest BCUT2D eigenvalue weighted by Gasteiger charge is 2.23. The van der Waals surface area contributed by atoms with Crippen LogP contribution >= 0.6 is 0 Å². The van der Waals surface area contributed by atoms with Crippen LogP contribution in [0.5, 0.6) is 0 Å². The Hall–Kier alpha value is -3.64. The fourth-order valence-corrected chi connectivity index (χ4v) is 3.53. The van der Waals surface area contributed by atoms with Crippen molar-refractivity contribution in [2.24, 2.45) is 0 Å². The van der Waals surface area contributed by atoms with Gasteiger partial charge in [-0.3, -0.25) is 10.1 Å². The van der Waals surface area contributed by atoms with Gasteiger partial charge >= 0.3 is 0 Å². The van der Waals surface area contributed by atoms with Crippen LogP contribution in [0.2, 0.25) is 0 Å². The molecule has 3 aromatic rings. The largest absolute Gasteiger partial charge is 0.380 e. The summed E-state index contributed by atoms with van der Waals surface area (Å²) in [6, 6.07) is 23.2. The molecule has 3 aromatic carbocycles. The van der Waals surface area contributed by atoms with Gasteiger partial charge in [-0.15, -0.1) is 0 Å². The summed E-state index contributed by atoms with van der Waals surface area (Å²) >= 11 is 0. The summed E-state index contributed by atoms with van der Waals surface area (Å²) in [5.74, 6) is 0. The first kappa shape index (κ1) is 18.7. The molecule has 0 bridgehead atoms. The van der Waals surface area contributed by atoms with Gasteiger partial charge in [0.25, 0.3) is 5.69 Å². The molecule has 6 nitrogen and oxygen atoms in total. The van der Waals surface area contributed by atoms with Crippen molar-refractivity contribution in [3.8, 4) is 0 Å². The lowest BCUT2D eigenvalue weighted by Gasteiger charge is -2.16. The molecule has 29 heavy (non-hydrogen) atoms. The number of fused-ring (bicyclic) bond motifs is 1. The molecule has 4 rings (SSSR count). The first-order chi connectivity index (χ1) is 14.2. The first-order valence-corrected chi connectivity index (χ1v) is 9.47. The van der Waals surface area contributed by atoms with Gasteiger partial charge in [0.05, 0.1) is 10.6 Å². The maximum Gasteiger partial charge on any atom is 0.270 e. The molecule has 0 saturated heterocycles. The minimum Gasteiger partial charge on any atom is -0.380 e. The van der Waals surface area contributed by atoms with E-state index >= 15 is 0 Å². The van der Waals surface area contributed by atoms with Gasteiger partial charge in [0.15, 0.2) is 0 Å². The molecule has 0 radical (unpaired) electrons. The van der Waals surface area contributed by atoms with Crippen LogP contribution in [0.4, 0.5) is 17.1 Å². The second-order valence-electron chi connectivity index (χ2n) is 6.91. The summed E-state index contributed by atoms with van der Waals surface area (Å²) < 4.78 is 0. The fraction of sp³-hybridized carbons (Fsp3) is 0.130. The number of benzene rings is 3. The highest BCUT2D eigenvalue weighted by molar-refractivity contribution is 6.02. The van der Waals surface area contributed by atoms with Crippen LogP contribution in [0.25, 0.3) is 11.3 Å². The van der Waals surface area contributed by atoms with Gasteiger partial charge in [0.1, 0.15) is 0 Å². The van der Waals surface area contributed by atoms with Crippen LogP contribution in [-0.4, -0.2) is 18.5 Å². The van der Waals surface area contributed by atoms with Crippen molar-refractivity contribution in [1.29, 1.82) is 0 Å². The summed E-state index contributed by atoms with van der Waals surface area (Å²) in [4.78, 5) is 10.9. The van der Waals surface area contributed by atoms with Gasteiger partial charge in [-0.05, 0) is 36.4 Å². The molecule has 1 aliphatic heterocycles. The normalized spacial score (nSPS) is 14.1. The van der Waals surface area contributed by atoms with E-state index in [1.807, 2.05) is 49.5 Å². The molecule has 0 aliphatic carbocycles. The van der Waals surface area contributed by atoms with Gasteiger partial charge in [-0.25, -0.2) is 0 Å². The summed E-state index contributed by atoms with van der Waals surface area (Å²) in [6.45, 7) is 1.42. The Morgan fingerprint density at radius 2 is 1.83 bits per heavy atom. The van der Waals surface area contributed by atoms with E-state index in [9.17, 15) is 10.1 Å². The summed E-state index contributed by atoms with van der Waals surface area (Å²) in [6.07, 6.45) is 0. The van der Waals surface area contributed by atoms with Gasteiger partial charge in [-0.1, -0.05) is 42.5 Å². The van der Waals surface area contributed by atoms with Crippen molar-refractivity contribution in [3.05, 3.63) is 99.6 Å². The molecule has 0 fully saturated rings. The number of nitro groups is 1. The number of nitrogens with zero attached hydrogens (tertiary/aromatic N) is 1. The van der Waals surface area contributed by atoms with E-state index in [0.29, 0.717) is 6.54 Å². The topological polar surface area (TPSA) is 79.2 Å². The second kappa shape index (κ2) is 8.16. The zero-order valence-electron chi connectivity index (χ0n) is 16.1. The summed E-state index contributed by atoms with van der Waals surface area (Å²) in [5, 5.41) is 21.3. The number of rotatable bonds is 6. The predicted molar refractivity (Wildman–Crippen MR) is 118 cm³/mol. The zero-order chi connectivity index (χ0) is 20.2. The number of nitro benzene ring substituents is 1. The highest BCUT2D eigenvalue weighted by Crippen LogP contribution is 2.38. The molecule has 0 atom stereocenters. The molecule has 1 aliphatic rings. The van der Waals surface area contributed by atoms with Crippen molar-refractivity contribution in [2.75, 3.05) is 24.2 Å². The number of anilines is 2. The molecule has 0 amide bonds. The van der Waals surface area contributed by atoms with E-state index in [1.165, 1.54) is 11.6 Å². The van der Waals surface area contributed by atoms with Crippen LogP contribution in [0.3, 0.4) is 0 Å². The van der Waals surface area contributed by atoms with Gasteiger partial charge in [-0.2, -0.15) is 0 Å². The van der Waals surface area contributed by atoms with Gasteiger partial charge < -0.3 is 16.0 Å². The van der Waals surface area contributed by atoms with Crippen molar-refractivity contribution in [2.45, 2.75) is 6.54 Å². The van der Waals surface area contributed by atoms with Crippen LogP contribution in [0, 0.1) is 10.1 Å². The Balaban J connectivity index is 1.79. The SMILES string of the molecule is CNCc1ccc(N/C(=C2\CNc3ccc([N+](=O)[O-])cc32)c2ccccc2)cc1. The minimum absolute atomic E-state index is 0.0915. The third-order valence-corrected chi connectivity index (χ3v) is 4.96. The fourth-order valence-electron chi connectivity index (χ4n) is 3.53. The maximum atomic E-state index is 11.3. The molecule has 0 unspecified atom stereocenters. The van der Waals surface area contributed by atoms with Crippen molar-refractivity contribution in [3.63, 3.8) is 0 Å². The molecular weight excluding hydrogens is 364 g/mol. The van der Waals surface area contributed by atoms with Crippen molar-refractivity contribution >= 4 is 28.3 Å². The van der Waals surface area contributed by atoms with Gasteiger partial charge in [0.2, 0.25) is 0 Å². The van der Waals surface area contributed by atoms with E-state index in [0.717, 1.165) is 40.3 Å². The zero-order valence-corrected chi connectivity index (χ0v) is 16.1. The molecule has 0 spiro atoms. The van der Waals surface area contributed by atoms with Crippen molar-refractivity contribution in [1.82, 2.24) is 5.32 Å². The predicted octanol–water partition coefficient (Wildman–Crippen LogP) is 4.72. The molecule has 3 N–H and O–H groups in total. The number of nitrogens with one attached hydrogen (secondary N) is 3. The molecule has 0 saturated carbocycles. The smallest absolute Gasteiger partial charge is 0.270 e. The van der Waals surface area contributed by atoms with E-state index < -0.39 is 0 Å². The lowest BCUT2D eigenvalue weighted by atomic mass is 10.00. The van der Waals surface area contributed by atoms with Crippen molar-refractivity contribution < 1.29 is 4.92 Å². The Labute approximate surface area is 169 Å². The highest BCUT2D eigenvalue weighted by atomic mass is 16.6. The average Bonchev–Trinajstić information content (AvgIpc) is 3.17. The van der Waals surface area contributed by atoms with Crippen LogP contribution in [0.1, 0.15) is 16.7 Å². The minimum atomic E-state index is -0.355. The molecule has 1 heterocycles. The molecule has 6 heteroatoms. The quantitative estimate of drug-likeness (QED) is 0.422.